The van der Waals surface area contributed by atoms with E-state index in [0.29, 0.717) is 0 Å². The van der Waals surface area contributed by atoms with E-state index in [1.54, 1.807) is 0 Å². The van der Waals surface area contributed by atoms with Gasteiger partial charge in [0.05, 0.1) is 5.52 Å². The SMILES string of the molecule is CC(C)(C)c1ccc(Nc2cc3sc4cc5c(cc4c3cc2-c2ccc3c4cc6sc7ccccc7c6cc4n4c3c2Bc2cc3c(cc2-4)oc2ccccc23)C(C)(C)CCC5(C)C)cc1. The van der Waals surface area contributed by atoms with Gasteiger partial charge < -0.3 is 14.3 Å². The fraction of sp³-hybridized carbons (Fsp3) is 0.200. The molecule has 14 rings (SSSR count). The van der Waals surface area contributed by atoms with Gasteiger partial charge >= 0.3 is 0 Å². The lowest BCUT2D eigenvalue weighted by Crippen LogP contribution is -2.37. The van der Waals surface area contributed by atoms with E-state index in [2.05, 4.69) is 192 Å². The van der Waals surface area contributed by atoms with Crippen molar-refractivity contribution in [2.75, 3.05) is 5.32 Å². The van der Waals surface area contributed by atoms with Crippen molar-refractivity contribution in [1.29, 1.82) is 0 Å². The highest BCUT2D eigenvalue weighted by atomic mass is 32.1. The average molecular weight is 889 g/mol. The highest BCUT2D eigenvalue weighted by Crippen LogP contribution is 2.51. The number of nitrogens with one attached hydrogen (secondary N) is 1. The highest BCUT2D eigenvalue weighted by Gasteiger charge is 2.38. The zero-order valence-electron chi connectivity index (χ0n) is 38.5. The van der Waals surface area contributed by atoms with Crippen LogP contribution < -0.4 is 16.2 Å². The molecule has 0 amide bonds. The molecule has 0 saturated heterocycles. The number of nitrogens with zero attached hydrogens (tertiary/aromatic N) is 1. The van der Waals surface area contributed by atoms with Crippen LogP contribution in [0, 0.1) is 0 Å². The van der Waals surface area contributed by atoms with Gasteiger partial charge in [-0.3, -0.25) is 0 Å². The van der Waals surface area contributed by atoms with Gasteiger partial charge in [-0.1, -0.05) is 121 Å². The largest absolute Gasteiger partial charge is 0.456 e. The van der Waals surface area contributed by atoms with E-state index in [4.69, 9.17) is 4.42 Å². The van der Waals surface area contributed by atoms with E-state index in [0.717, 1.165) is 35.2 Å². The van der Waals surface area contributed by atoms with Crippen LogP contribution in [0.3, 0.4) is 0 Å². The number of benzene rings is 8. The molecule has 0 fully saturated rings. The van der Waals surface area contributed by atoms with Crippen LogP contribution >= 0.6 is 22.7 Å². The summed E-state index contributed by atoms with van der Waals surface area (Å²) in [5.41, 5.74) is 17.7. The molecule has 5 heterocycles. The molecule has 6 heteroatoms. The molecule has 1 N–H and O–H groups in total. The molecule has 0 radical (unpaired) electrons. The molecular weight excluding hydrogens is 840 g/mol. The smallest absolute Gasteiger partial charge is 0.198 e. The summed E-state index contributed by atoms with van der Waals surface area (Å²) in [5.74, 6) is 0. The van der Waals surface area contributed by atoms with E-state index in [-0.39, 0.29) is 16.2 Å². The number of hydrogen-bond acceptors (Lipinski definition) is 4. The summed E-state index contributed by atoms with van der Waals surface area (Å²) in [7, 11) is 0.810. The molecule has 320 valence electrons. The number of anilines is 2. The molecule has 0 unspecified atom stereocenters. The minimum Gasteiger partial charge on any atom is -0.456 e. The quantitative estimate of drug-likeness (QED) is 0.179. The summed E-state index contributed by atoms with van der Waals surface area (Å²) in [4.78, 5) is 0. The molecule has 4 aromatic heterocycles. The number of fused-ring (bicyclic) bond motifs is 15. The third-order valence-corrected chi connectivity index (χ3v) is 17.9. The predicted octanol–water partition coefficient (Wildman–Crippen LogP) is 16.2. The van der Waals surface area contributed by atoms with Crippen LogP contribution in [0.15, 0.2) is 138 Å². The van der Waals surface area contributed by atoms with Crippen LogP contribution in [0.25, 0.3) is 101 Å². The van der Waals surface area contributed by atoms with Crippen molar-refractivity contribution in [3.63, 3.8) is 0 Å². The van der Waals surface area contributed by atoms with Crippen LogP contribution in [0.5, 0.6) is 0 Å². The Labute approximate surface area is 392 Å². The third kappa shape index (κ3) is 5.49. The van der Waals surface area contributed by atoms with Crippen molar-refractivity contribution in [3.05, 3.63) is 150 Å². The van der Waals surface area contributed by atoms with Crippen molar-refractivity contribution in [1.82, 2.24) is 4.57 Å². The summed E-state index contributed by atoms with van der Waals surface area (Å²) in [6.45, 7) is 16.6. The van der Waals surface area contributed by atoms with Gasteiger partial charge in [0.1, 0.15) is 11.2 Å². The van der Waals surface area contributed by atoms with Gasteiger partial charge in [0, 0.05) is 96.1 Å². The summed E-state index contributed by atoms with van der Waals surface area (Å²) < 4.78 is 14.5. The Kier molecular flexibility index (Phi) is 7.77. The van der Waals surface area contributed by atoms with Gasteiger partial charge in [-0.2, -0.15) is 0 Å². The fourth-order valence-electron chi connectivity index (χ4n) is 11.8. The number of rotatable bonds is 3. The maximum atomic E-state index is 6.61. The predicted molar refractivity (Wildman–Crippen MR) is 289 cm³/mol. The summed E-state index contributed by atoms with van der Waals surface area (Å²) in [6.07, 6.45) is 2.40. The monoisotopic (exact) mass is 888 g/mol. The first kappa shape index (κ1) is 38.9. The Morgan fingerprint density at radius 3 is 2.05 bits per heavy atom. The lowest BCUT2D eigenvalue weighted by molar-refractivity contribution is 0.332. The minimum absolute atomic E-state index is 0.0747. The van der Waals surface area contributed by atoms with Gasteiger partial charge in [-0.05, 0) is 117 Å². The lowest BCUT2D eigenvalue weighted by atomic mass is 9.59. The van der Waals surface area contributed by atoms with Crippen molar-refractivity contribution < 1.29 is 4.42 Å². The second-order valence-electron chi connectivity index (χ2n) is 21.6. The maximum Gasteiger partial charge on any atom is 0.198 e. The number of furan rings is 1. The van der Waals surface area contributed by atoms with E-state index in [1.807, 2.05) is 22.7 Å². The van der Waals surface area contributed by atoms with Crippen LogP contribution in [0.1, 0.15) is 78.0 Å². The Morgan fingerprint density at radius 2 is 1.24 bits per heavy atom. The van der Waals surface area contributed by atoms with Crippen molar-refractivity contribution >= 4 is 136 Å². The third-order valence-electron chi connectivity index (χ3n) is 15.6. The second kappa shape index (κ2) is 13.2. The topological polar surface area (TPSA) is 30.1 Å². The number of para-hydroxylation sites is 1. The van der Waals surface area contributed by atoms with E-state index in [1.165, 1.54) is 125 Å². The Morgan fingerprint density at radius 1 is 0.561 bits per heavy atom. The molecule has 0 saturated carbocycles. The van der Waals surface area contributed by atoms with Gasteiger partial charge in [-0.25, -0.2) is 0 Å². The van der Waals surface area contributed by atoms with E-state index in [9.17, 15) is 0 Å². The van der Waals surface area contributed by atoms with Gasteiger partial charge in [-0.15, -0.1) is 22.7 Å². The van der Waals surface area contributed by atoms with Crippen molar-refractivity contribution in [2.24, 2.45) is 0 Å². The number of hydrogen-bond donors (Lipinski definition) is 1. The first-order valence-corrected chi connectivity index (χ1v) is 25.2. The Hall–Kier alpha value is -6.34. The Balaban J connectivity index is 1.07. The van der Waals surface area contributed by atoms with E-state index < -0.39 is 0 Å². The summed E-state index contributed by atoms with van der Waals surface area (Å²) in [6, 6.07) is 51.0. The van der Waals surface area contributed by atoms with Gasteiger partial charge in [0.25, 0.3) is 0 Å². The minimum atomic E-state index is 0.0747. The molecule has 2 aliphatic rings. The average Bonchev–Trinajstić information content (AvgIpc) is 4.05. The zero-order valence-corrected chi connectivity index (χ0v) is 40.1. The summed E-state index contributed by atoms with van der Waals surface area (Å²) in [5, 5.41) is 14.3. The first-order valence-electron chi connectivity index (χ1n) is 23.6. The standard InChI is InChI=1S/C60H49BN2OS2/c1-58(2,3)32-16-18-33(19-17-32)62-47-30-55-41(42-25-44-45(29-54(42)66-55)60(6,7)23-22-59(44,4)5)24-38(47)36-20-21-37-39-28-53-43(35-13-9-11-15-52(35)65-53)27-48(39)63-49-31-51-40(26-46(49)61-56(36)57(37)63)34-12-8-10-14-50(34)64-51/h8-21,24-31,61-62H,22-23H2,1-7H3. The van der Waals surface area contributed by atoms with Gasteiger partial charge in [0.15, 0.2) is 7.28 Å². The van der Waals surface area contributed by atoms with E-state index >= 15 is 0 Å². The van der Waals surface area contributed by atoms with Crippen LogP contribution in [0.4, 0.5) is 11.4 Å². The van der Waals surface area contributed by atoms with Gasteiger partial charge in [0.2, 0.25) is 0 Å². The molecule has 12 aromatic rings. The highest BCUT2D eigenvalue weighted by molar-refractivity contribution is 7.26. The van der Waals surface area contributed by atoms with Crippen LogP contribution in [0.2, 0.25) is 0 Å². The molecule has 0 atom stereocenters. The number of thiophene rings is 2. The lowest BCUT2D eigenvalue weighted by Gasteiger charge is -2.41. The normalized spacial score (nSPS) is 15.4. The fourth-order valence-corrected chi connectivity index (χ4v) is 14.1. The number of aromatic nitrogens is 1. The molecule has 3 nitrogen and oxygen atoms in total. The molecule has 8 aromatic carbocycles. The maximum absolute atomic E-state index is 6.61. The first-order chi connectivity index (χ1) is 31.8. The van der Waals surface area contributed by atoms with Crippen LogP contribution in [-0.2, 0) is 16.2 Å². The molecule has 1 aliphatic carbocycles. The zero-order chi connectivity index (χ0) is 44.6. The molecular formula is C60H49BN2OS2. The van der Waals surface area contributed by atoms with Crippen molar-refractivity contribution in [2.45, 2.75) is 77.6 Å². The second-order valence-corrected chi connectivity index (χ2v) is 23.8. The molecule has 0 spiro atoms. The van der Waals surface area contributed by atoms with Crippen molar-refractivity contribution in [3.8, 4) is 16.8 Å². The molecule has 0 bridgehead atoms. The summed E-state index contributed by atoms with van der Waals surface area (Å²) >= 11 is 3.84. The Bertz CT molecular complexity index is 4090. The molecule has 66 heavy (non-hydrogen) atoms. The van der Waals surface area contributed by atoms with Crippen LogP contribution in [-0.4, -0.2) is 11.8 Å². The molecule has 1 aliphatic heterocycles.